The molecule has 2 aromatic heterocycles. The van der Waals surface area contributed by atoms with E-state index in [1.165, 1.54) is 12.1 Å². The van der Waals surface area contributed by atoms with Crippen LogP contribution in [0.2, 0.25) is 0 Å². The number of halogens is 6. The quantitative estimate of drug-likeness (QED) is 0.155. The molecule has 5 rings (SSSR count). The molecule has 46 heavy (non-hydrogen) atoms. The highest BCUT2D eigenvalue weighted by molar-refractivity contribution is 5.97. The van der Waals surface area contributed by atoms with Crippen LogP contribution in [-0.2, 0) is 16.0 Å². The number of ether oxygens (including phenoxy) is 1. The van der Waals surface area contributed by atoms with Crippen molar-refractivity contribution >= 4 is 39.8 Å². The Morgan fingerprint density at radius 2 is 1.63 bits per heavy atom. The first kappa shape index (κ1) is 33.4. The molecule has 0 aliphatic carbocycles. The number of aromatic amines is 1. The summed E-state index contributed by atoms with van der Waals surface area (Å²) in [7, 11) is 1.87. The smallest absolute Gasteiger partial charge is 0.475 e. The first-order chi connectivity index (χ1) is 21.6. The molecule has 0 spiro atoms. The second-order valence-electron chi connectivity index (χ2n) is 9.88. The molecule has 0 aliphatic heterocycles. The van der Waals surface area contributed by atoms with Crippen LogP contribution >= 0.6 is 0 Å². The lowest BCUT2D eigenvalue weighted by Crippen LogP contribution is -2.21. The molecule has 0 radical (unpaired) electrons. The minimum atomic E-state index is -5.08. The SMILES string of the molecule is Cc1[nH]c2ccccc2c1CC(=O)Nc1ccc(N(C)c2cccnc2)c(-c2ccc(OC(F)(F)F)cc2)c1.O=C(O)C(F)(F)F. The van der Waals surface area contributed by atoms with E-state index in [2.05, 4.69) is 20.0 Å². The fourth-order valence-electron chi connectivity index (χ4n) is 4.59. The highest BCUT2D eigenvalue weighted by Crippen LogP contribution is 2.37. The van der Waals surface area contributed by atoms with Crippen LogP contribution in [0.4, 0.5) is 43.4 Å². The van der Waals surface area contributed by atoms with Gasteiger partial charge in [0.2, 0.25) is 5.91 Å². The number of nitrogens with one attached hydrogen (secondary N) is 2. The minimum Gasteiger partial charge on any atom is -0.475 e. The molecule has 0 aliphatic rings. The van der Waals surface area contributed by atoms with Gasteiger partial charge < -0.3 is 25.0 Å². The Morgan fingerprint density at radius 1 is 0.957 bits per heavy atom. The lowest BCUT2D eigenvalue weighted by atomic mass is 10.0. The Labute approximate surface area is 258 Å². The highest BCUT2D eigenvalue weighted by atomic mass is 19.4. The average molecular weight is 645 g/mol. The second kappa shape index (κ2) is 13.6. The van der Waals surface area contributed by atoms with Gasteiger partial charge in [0.15, 0.2) is 0 Å². The summed E-state index contributed by atoms with van der Waals surface area (Å²) in [5, 5.41) is 11.1. The number of H-pyrrole nitrogens is 1. The van der Waals surface area contributed by atoms with Gasteiger partial charge in [-0.1, -0.05) is 30.3 Å². The van der Waals surface area contributed by atoms with Gasteiger partial charge in [0.1, 0.15) is 5.75 Å². The number of amides is 1. The van der Waals surface area contributed by atoms with Gasteiger partial charge in [-0.3, -0.25) is 9.78 Å². The average Bonchev–Trinajstić information content (AvgIpc) is 3.31. The van der Waals surface area contributed by atoms with Crippen LogP contribution < -0.4 is 15.0 Å². The van der Waals surface area contributed by atoms with E-state index < -0.39 is 18.5 Å². The first-order valence-corrected chi connectivity index (χ1v) is 13.4. The highest BCUT2D eigenvalue weighted by Gasteiger charge is 2.38. The Bertz CT molecular complexity index is 1820. The number of alkyl halides is 6. The zero-order valence-corrected chi connectivity index (χ0v) is 24.2. The van der Waals surface area contributed by atoms with Gasteiger partial charge in [-0.2, -0.15) is 13.2 Å². The maximum atomic E-state index is 13.1. The number of aliphatic carboxylic acids is 1. The van der Waals surface area contributed by atoms with Crippen molar-refractivity contribution in [2.45, 2.75) is 25.9 Å². The number of carbonyl (C=O) groups is 2. The Balaban J connectivity index is 0.000000617. The molecular weight excluding hydrogens is 618 g/mol. The predicted octanol–water partition coefficient (Wildman–Crippen LogP) is 8.02. The number of fused-ring (bicyclic) bond motifs is 1. The molecule has 5 aromatic rings. The number of nitrogens with zero attached hydrogens (tertiary/aromatic N) is 2. The molecule has 240 valence electrons. The number of aryl methyl sites for hydroxylation is 1. The van der Waals surface area contributed by atoms with E-state index in [4.69, 9.17) is 9.90 Å². The molecule has 2 heterocycles. The standard InChI is InChI=1S/C30H25F3N4O2.C2HF3O2/c1-19-25(24-7-3-4-8-27(24)35-19)17-29(38)36-21-11-14-28(37(2)22-6-5-15-34-18-22)26(16-21)20-9-12-23(13-10-20)39-30(31,32)33;3-2(4,5)1(6)7/h3-16,18,35H,17H2,1-2H3,(H,36,38);(H,6,7). The van der Waals surface area contributed by atoms with E-state index in [1.54, 1.807) is 30.6 Å². The van der Waals surface area contributed by atoms with Crippen molar-refractivity contribution in [3.05, 3.63) is 103 Å². The molecule has 0 saturated heterocycles. The molecule has 3 N–H and O–H groups in total. The van der Waals surface area contributed by atoms with Gasteiger partial charge >= 0.3 is 18.5 Å². The van der Waals surface area contributed by atoms with Crippen molar-refractivity contribution < 1.29 is 45.8 Å². The number of rotatable bonds is 7. The number of aromatic nitrogens is 2. The lowest BCUT2D eigenvalue weighted by Gasteiger charge is -2.23. The number of hydrogen-bond acceptors (Lipinski definition) is 5. The van der Waals surface area contributed by atoms with E-state index in [0.29, 0.717) is 16.8 Å². The molecule has 0 unspecified atom stereocenters. The van der Waals surface area contributed by atoms with Gasteiger partial charge in [-0.15, -0.1) is 13.2 Å². The predicted molar refractivity (Wildman–Crippen MR) is 160 cm³/mol. The second-order valence-corrected chi connectivity index (χ2v) is 9.88. The van der Waals surface area contributed by atoms with Crippen molar-refractivity contribution in [2.75, 3.05) is 17.3 Å². The van der Waals surface area contributed by atoms with Crippen molar-refractivity contribution in [3.63, 3.8) is 0 Å². The number of hydrogen-bond donors (Lipinski definition) is 3. The Kier molecular flexibility index (Phi) is 9.88. The number of benzene rings is 3. The lowest BCUT2D eigenvalue weighted by molar-refractivity contribution is -0.274. The summed E-state index contributed by atoms with van der Waals surface area (Å²) < 4.78 is 73.8. The van der Waals surface area contributed by atoms with Crippen LogP contribution in [0.5, 0.6) is 5.75 Å². The summed E-state index contributed by atoms with van der Waals surface area (Å²) in [6, 6.07) is 22.6. The van der Waals surface area contributed by atoms with Crippen LogP contribution in [0, 0.1) is 6.92 Å². The maximum Gasteiger partial charge on any atom is 0.573 e. The summed E-state index contributed by atoms with van der Waals surface area (Å²) in [4.78, 5) is 31.4. The molecule has 0 saturated carbocycles. The minimum absolute atomic E-state index is 0.184. The fraction of sp³-hybridized carbons (Fsp3) is 0.156. The number of carbonyl (C=O) groups excluding carboxylic acids is 1. The summed E-state index contributed by atoms with van der Waals surface area (Å²) in [6.07, 6.45) is -6.29. The Hall–Kier alpha value is -5.53. The number of carboxylic acids is 1. The Morgan fingerprint density at radius 3 is 2.24 bits per heavy atom. The number of para-hydroxylation sites is 1. The monoisotopic (exact) mass is 644 g/mol. The van der Waals surface area contributed by atoms with E-state index in [-0.39, 0.29) is 18.1 Å². The molecule has 0 bridgehead atoms. The van der Waals surface area contributed by atoms with Crippen LogP contribution in [0.15, 0.2) is 91.3 Å². The van der Waals surface area contributed by atoms with E-state index >= 15 is 0 Å². The van der Waals surface area contributed by atoms with Gasteiger partial charge in [0.05, 0.1) is 18.3 Å². The van der Waals surface area contributed by atoms with Gasteiger partial charge in [-0.25, -0.2) is 4.79 Å². The van der Waals surface area contributed by atoms with E-state index in [1.807, 2.05) is 67.4 Å². The number of pyridine rings is 1. The first-order valence-electron chi connectivity index (χ1n) is 13.4. The molecule has 8 nitrogen and oxygen atoms in total. The van der Waals surface area contributed by atoms with Crippen LogP contribution in [0.25, 0.3) is 22.0 Å². The molecular formula is C32H26F6N4O4. The van der Waals surface area contributed by atoms with Crippen molar-refractivity contribution in [3.8, 4) is 16.9 Å². The van der Waals surface area contributed by atoms with Crippen LogP contribution in [0.1, 0.15) is 11.3 Å². The molecule has 1 amide bonds. The van der Waals surface area contributed by atoms with Gasteiger partial charge in [0, 0.05) is 46.8 Å². The zero-order chi connectivity index (χ0) is 33.6. The van der Waals surface area contributed by atoms with Crippen molar-refractivity contribution in [1.82, 2.24) is 9.97 Å². The topological polar surface area (TPSA) is 108 Å². The molecule has 14 heteroatoms. The van der Waals surface area contributed by atoms with Crippen LogP contribution in [0.3, 0.4) is 0 Å². The normalized spacial score (nSPS) is 11.4. The van der Waals surface area contributed by atoms with E-state index in [0.717, 1.165) is 33.5 Å². The molecule has 0 atom stereocenters. The third-order valence-corrected chi connectivity index (χ3v) is 6.68. The molecule has 3 aromatic carbocycles. The number of carboxylic acid groups (broad SMARTS) is 1. The summed E-state index contributed by atoms with van der Waals surface area (Å²) in [5.74, 6) is -3.25. The third-order valence-electron chi connectivity index (χ3n) is 6.68. The van der Waals surface area contributed by atoms with E-state index in [9.17, 15) is 31.1 Å². The third kappa shape index (κ3) is 8.55. The summed E-state index contributed by atoms with van der Waals surface area (Å²) in [5.41, 5.74) is 6.35. The van der Waals surface area contributed by atoms with Gasteiger partial charge in [0.25, 0.3) is 0 Å². The van der Waals surface area contributed by atoms with Crippen molar-refractivity contribution in [2.24, 2.45) is 0 Å². The zero-order valence-electron chi connectivity index (χ0n) is 24.2. The van der Waals surface area contributed by atoms with Crippen LogP contribution in [-0.4, -0.2) is 46.5 Å². The fourth-order valence-corrected chi connectivity index (χ4v) is 4.59. The maximum absolute atomic E-state index is 13.1. The summed E-state index contributed by atoms with van der Waals surface area (Å²) in [6.45, 7) is 1.94. The van der Waals surface area contributed by atoms with Gasteiger partial charge in [-0.05, 0) is 66.6 Å². The largest absolute Gasteiger partial charge is 0.573 e. The van der Waals surface area contributed by atoms with Crippen molar-refractivity contribution in [1.29, 1.82) is 0 Å². The summed E-state index contributed by atoms with van der Waals surface area (Å²) >= 11 is 0. The number of anilines is 3. The molecule has 0 fully saturated rings.